The molecule has 0 bridgehead atoms. The van der Waals surface area contributed by atoms with Gasteiger partial charge in [-0.1, -0.05) is 25.1 Å². The predicted molar refractivity (Wildman–Crippen MR) is 77.2 cm³/mol. The highest BCUT2D eigenvalue weighted by Gasteiger charge is 2.16. The Labute approximate surface area is 128 Å². The van der Waals surface area contributed by atoms with Gasteiger partial charge in [0.05, 0.1) is 5.56 Å². The van der Waals surface area contributed by atoms with Crippen molar-refractivity contribution in [3.63, 3.8) is 0 Å². The number of aliphatic carboxylic acids is 1. The highest BCUT2D eigenvalue weighted by atomic mass is 16.7. The quantitative estimate of drug-likeness (QED) is 0.590. The first-order chi connectivity index (χ1) is 10.4. The van der Waals surface area contributed by atoms with Gasteiger partial charge in [0.2, 0.25) is 6.29 Å². The zero-order valence-electron chi connectivity index (χ0n) is 12.4. The number of benzene rings is 1. The van der Waals surface area contributed by atoms with Crippen LogP contribution in [0.15, 0.2) is 30.3 Å². The third kappa shape index (κ3) is 6.74. The number of carboxylic acids is 1. The first-order valence-electron chi connectivity index (χ1n) is 6.80. The van der Waals surface area contributed by atoms with Crippen molar-refractivity contribution in [1.82, 2.24) is 5.32 Å². The van der Waals surface area contributed by atoms with Crippen LogP contribution < -0.4 is 5.32 Å². The molecule has 7 nitrogen and oxygen atoms in total. The molecule has 2 atom stereocenters. The minimum absolute atomic E-state index is 0.0567. The monoisotopic (exact) mass is 309 g/mol. The highest BCUT2D eigenvalue weighted by molar-refractivity contribution is 5.89. The van der Waals surface area contributed by atoms with E-state index in [0.29, 0.717) is 5.56 Å². The molecule has 0 aliphatic rings. The molecule has 0 saturated heterocycles. The van der Waals surface area contributed by atoms with Gasteiger partial charge in [0, 0.05) is 19.9 Å². The van der Waals surface area contributed by atoms with Gasteiger partial charge >= 0.3 is 18.0 Å². The maximum absolute atomic E-state index is 11.7. The molecule has 7 heteroatoms. The molecule has 1 amide bonds. The second kappa shape index (κ2) is 8.66. The summed E-state index contributed by atoms with van der Waals surface area (Å²) >= 11 is 0. The fourth-order valence-corrected chi connectivity index (χ4v) is 1.64. The number of carboxylic acid groups (broad SMARTS) is 1. The van der Waals surface area contributed by atoms with Gasteiger partial charge in [-0.05, 0) is 18.1 Å². The van der Waals surface area contributed by atoms with Gasteiger partial charge in [0.1, 0.15) is 0 Å². The van der Waals surface area contributed by atoms with Crippen molar-refractivity contribution in [3.05, 3.63) is 35.9 Å². The molecule has 0 saturated carbocycles. The maximum atomic E-state index is 11.7. The van der Waals surface area contributed by atoms with Crippen molar-refractivity contribution in [2.24, 2.45) is 5.92 Å². The van der Waals surface area contributed by atoms with Crippen molar-refractivity contribution in [3.8, 4) is 0 Å². The summed E-state index contributed by atoms with van der Waals surface area (Å²) in [5.74, 6) is -1.76. The molecule has 2 N–H and O–H groups in total. The van der Waals surface area contributed by atoms with Crippen molar-refractivity contribution in [2.75, 3.05) is 6.54 Å². The van der Waals surface area contributed by atoms with Crippen molar-refractivity contribution in [1.29, 1.82) is 0 Å². The third-order valence-corrected chi connectivity index (χ3v) is 2.67. The molecule has 1 aromatic rings. The van der Waals surface area contributed by atoms with Crippen molar-refractivity contribution >= 4 is 18.0 Å². The zero-order valence-corrected chi connectivity index (χ0v) is 12.4. The van der Waals surface area contributed by atoms with Crippen LogP contribution >= 0.6 is 0 Å². The number of carbonyl (C=O) groups excluding carboxylic acids is 2. The van der Waals surface area contributed by atoms with Gasteiger partial charge in [-0.3, -0.25) is 4.79 Å². The van der Waals surface area contributed by atoms with Crippen LogP contribution in [0.3, 0.4) is 0 Å². The first-order valence-corrected chi connectivity index (χ1v) is 6.80. The molecule has 1 aromatic carbocycles. The van der Waals surface area contributed by atoms with Crippen molar-refractivity contribution < 1.29 is 29.0 Å². The van der Waals surface area contributed by atoms with E-state index in [1.807, 2.05) is 0 Å². The summed E-state index contributed by atoms with van der Waals surface area (Å²) in [5.41, 5.74) is 0.355. The van der Waals surface area contributed by atoms with Gasteiger partial charge in [0.25, 0.3) is 0 Å². The highest BCUT2D eigenvalue weighted by Crippen LogP contribution is 2.05. The Morgan fingerprint density at radius 2 is 1.77 bits per heavy atom. The minimum atomic E-state index is -1.05. The second-order valence-corrected chi connectivity index (χ2v) is 4.83. The molecule has 0 heterocycles. The SMILES string of the molecule is C[C@H](CNC(=O)O[C@H](C)OC(=O)c1ccccc1)CC(=O)O. The molecule has 120 valence electrons. The van der Waals surface area contributed by atoms with E-state index in [1.54, 1.807) is 37.3 Å². The summed E-state index contributed by atoms with van der Waals surface area (Å²) in [5, 5.41) is 11.0. The number of hydrogen-bond acceptors (Lipinski definition) is 5. The Bertz CT molecular complexity index is 516. The number of ether oxygens (including phenoxy) is 2. The number of carbonyl (C=O) groups is 3. The molecule has 0 spiro atoms. The second-order valence-electron chi connectivity index (χ2n) is 4.83. The van der Waals surface area contributed by atoms with Crippen LogP contribution in [0.25, 0.3) is 0 Å². The van der Waals surface area contributed by atoms with Crippen molar-refractivity contribution in [2.45, 2.75) is 26.6 Å². The van der Waals surface area contributed by atoms with Crippen LogP contribution in [-0.4, -0.2) is 36.0 Å². The van der Waals surface area contributed by atoms with Crippen LogP contribution in [-0.2, 0) is 14.3 Å². The fourth-order valence-electron chi connectivity index (χ4n) is 1.64. The Kier molecular flexibility index (Phi) is 6.88. The molecular weight excluding hydrogens is 290 g/mol. The van der Waals surface area contributed by atoms with Gasteiger partial charge in [-0.25, -0.2) is 9.59 Å². The third-order valence-electron chi connectivity index (χ3n) is 2.67. The molecule has 0 aromatic heterocycles. The van der Waals surface area contributed by atoms with E-state index >= 15 is 0 Å². The van der Waals surface area contributed by atoms with E-state index in [9.17, 15) is 14.4 Å². The molecular formula is C15H19NO6. The van der Waals surface area contributed by atoms with Crippen LogP contribution in [0.1, 0.15) is 30.6 Å². The zero-order chi connectivity index (χ0) is 16.5. The largest absolute Gasteiger partial charge is 0.481 e. The Hall–Kier alpha value is -2.57. The van der Waals surface area contributed by atoms with E-state index in [1.165, 1.54) is 6.92 Å². The van der Waals surface area contributed by atoms with E-state index in [2.05, 4.69) is 5.32 Å². The average molecular weight is 309 g/mol. The summed E-state index contributed by atoms with van der Waals surface area (Å²) in [6.07, 6.45) is -1.88. The number of esters is 1. The lowest BCUT2D eigenvalue weighted by Gasteiger charge is -2.15. The normalized spacial score (nSPS) is 12.8. The lowest BCUT2D eigenvalue weighted by atomic mass is 10.1. The number of amides is 1. The van der Waals surface area contributed by atoms with Gasteiger partial charge in [-0.15, -0.1) is 0 Å². The molecule has 0 fully saturated rings. The molecule has 0 unspecified atom stereocenters. The molecule has 0 aliphatic heterocycles. The van der Waals surface area contributed by atoms with Crippen LogP contribution in [0.5, 0.6) is 0 Å². The predicted octanol–water partition coefficient (Wildman–Crippen LogP) is 2.03. The molecule has 0 radical (unpaired) electrons. The molecule has 1 rings (SSSR count). The van der Waals surface area contributed by atoms with Crippen LogP contribution in [0.2, 0.25) is 0 Å². The molecule has 0 aliphatic carbocycles. The Morgan fingerprint density at radius 3 is 2.36 bits per heavy atom. The van der Waals surface area contributed by atoms with Crippen LogP contribution in [0, 0.1) is 5.92 Å². The van der Waals surface area contributed by atoms with Gasteiger partial charge in [-0.2, -0.15) is 0 Å². The first kappa shape index (κ1) is 17.5. The van der Waals surface area contributed by atoms with E-state index < -0.39 is 24.3 Å². The number of alkyl carbamates (subject to hydrolysis) is 1. The smallest absolute Gasteiger partial charge is 0.410 e. The van der Waals surface area contributed by atoms with E-state index in [-0.39, 0.29) is 18.9 Å². The average Bonchev–Trinajstić information content (AvgIpc) is 2.45. The van der Waals surface area contributed by atoms with Gasteiger partial charge < -0.3 is 19.9 Å². The lowest BCUT2D eigenvalue weighted by molar-refractivity contribution is -0.138. The summed E-state index contributed by atoms with van der Waals surface area (Å²) in [7, 11) is 0. The minimum Gasteiger partial charge on any atom is -0.481 e. The van der Waals surface area contributed by atoms with Gasteiger partial charge in [0.15, 0.2) is 0 Å². The standard InChI is InChI=1S/C15H19NO6/c1-10(8-13(17)18)9-16-15(20)22-11(2)21-14(19)12-6-4-3-5-7-12/h3-7,10-11H,8-9H2,1-2H3,(H,16,20)(H,17,18)/t10-,11+/m0/s1. The van der Waals surface area contributed by atoms with E-state index in [4.69, 9.17) is 14.6 Å². The lowest BCUT2D eigenvalue weighted by Crippen LogP contribution is -2.33. The summed E-state index contributed by atoms with van der Waals surface area (Å²) < 4.78 is 9.82. The summed E-state index contributed by atoms with van der Waals surface area (Å²) in [6.45, 7) is 3.26. The number of hydrogen-bond donors (Lipinski definition) is 2. The summed E-state index contributed by atoms with van der Waals surface area (Å²) in [4.78, 5) is 33.7. The Morgan fingerprint density at radius 1 is 1.14 bits per heavy atom. The topological polar surface area (TPSA) is 102 Å². The number of rotatable bonds is 7. The van der Waals surface area contributed by atoms with E-state index in [0.717, 1.165) is 0 Å². The number of nitrogens with one attached hydrogen (secondary N) is 1. The molecule has 22 heavy (non-hydrogen) atoms. The maximum Gasteiger partial charge on any atom is 0.410 e. The van der Waals surface area contributed by atoms with Crippen LogP contribution in [0.4, 0.5) is 4.79 Å². The summed E-state index contributed by atoms with van der Waals surface area (Å²) in [6, 6.07) is 8.32. The Balaban J connectivity index is 2.32. The fraction of sp³-hybridized carbons (Fsp3) is 0.400.